The summed E-state index contributed by atoms with van der Waals surface area (Å²) in [6.45, 7) is 1.98. The summed E-state index contributed by atoms with van der Waals surface area (Å²) in [4.78, 5) is 40.0. The maximum absolute atomic E-state index is 13.2. The molecular formula is C23H21NO4S. The molecule has 6 heteroatoms. The summed E-state index contributed by atoms with van der Waals surface area (Å²) >= 11 is 1.56. The molecule has 5 unspecified atom stereocenters. The second-order valence-corrected chi connectivity index (χ2v) is 9.53. The van der Waals surface area contributed by atoms with Crippen LogP contribution in [0.3, 0.4) is 0 Å². The molecule has 2 amide bonds. The number of carboxylic acids is 1. The number of hydrogen-bond donors (Lipinski definition) is 1. The van der Waals surface area contributed by atoms with Gasteiger partial charge in [0, 0.05) is 10.1 Å². The molecule has 2 bridgehead atoms. The lowest BCUT2D eigenvalue weighted by Crippen LogP contribution is -2.33. The SMILES string of the molecule is Cc1ccc(N2C(=O)C3C4CC(Sc5ccccc5C(=O)O)C(C4)C3C2=O)cc1. The first-order valence-corrected chi connectivity index (χ1v) is 10.8. The summed E-state index contributed by atoms with van der Waals surface area (Å²) < 4.78 is 0. The number of amides is 2. The van der Waals surface area contributed by atoms with Gasteiger partial charge >= 0.3 is 5.97 Å². The van der Waals surface area contributed by atoms with E-state index in [1.165, 1.54) is 4.90 Å². The number of carboxylic acid groups (broad SMARTS) is 1. The number of hydrogen-bond acceptors (Lipinski definition) is 4. The van der Waals surface area contributed by atoms with Crippen molar-refractivity contribution in [1.29, 1.82) is 0 Å². The van der Waals surface area contributed by atoms with Crippen molar-refractivity contribution >= 4 is 35.2 Å². The van der Waals surface area contributed by atoms with Gasteiger partial charge in [-0.15, -0.1) is 11.8 Å². The maximum Gasteiger partial charge on any atom is 0.336 e. The van der Waals surface area contributed by atoms with Gasteiger partial charge < -0.3 is 5.11 Å². The van der Waals surface area contributed by atoms with Crippen molar-refractivity contribution in [3.8, 4) is 0 Å². The highest BCUT2D eigenvalue weighted by Crippen LogP contribution is 2.60. The number of aromatic carboxylic acids is 1. The molecule has 2 saturated carbocycles. The van der Waals surface area contributed by atoms with Gasteiger partial charge in [0.25, 0.3) is 0 Å². The minimum absolute atomic E-state index is 0.0641. The average Bonchev–Trinajstić information content (AvgIpc) is 3.34. The van der Waals surface area contributed by atoms with Crippen LogP contribution in [0.2, 0.25) is 0 Å². The van der Waals surface area contributed by atoms with E-state index in [9.17, 15) is 19.5 Å². The van der Waals surface area contributed by atoms with E-state index in [-0.39, 0.29) is 40.7 Å². The summed E-state index contributed by atoms with van der Waals surface area (Å²) in [5.74, 6) is -1.28. The normalized spacial score (nSPS) is 30.1. The number of fused-ring (bicyclic) bond motifs is 5. The lowest BCUT2D eigenvalue weighted by molar-refractivity contribution is -0.123. The monoisotopic (exact) mass is 407 g/mol. The van der Waals surface area contributed by atoms with Gasteiger partial charge in [-0.3, -0.25) is 14.5 Å². The molecule has 3 fully saturated rings. The van der Waals surface area contributed by atoms with Crippen molar-refractivity contribution in [2.75, 3.05) is 4.90 Å². The predicted molar refractivity (Wildman–Crippen MR) is 110 cm³/mol. The summed E-state index contributed by atoms with van der Waals surface area (Å²) in [5, 5.41) is 9.62. The molecule has 1 N–H and O–H groups in total. The Morgan fingerprint density at radius 2 is 1.69 bits per heavy atom. The van der Waals surface area contributed by atoms with Crippen molar-refractivity contribution in [1.82, 2.24) is 0 Å². The molecule has 3 aliphatic rings. The maximum atomic E-state index is 13.2. The van der Waals surface area contributed by atoms with Crippen molar-refractivity contribution in [2.24, 2.45) is 23.7 Å². The first kappa shape index (κ1) is 18.4. The van der Waals surface area contributed by atoms with Crippen molar-refractivity contribution < 1.29 is 19.5 Å². The van der Waals surface area contributed by atoms with E-state index in [1.807, 2.05) is 43.3 Å². The number of rotatable bonds is 4. The molecule has 2 aliphatic carbocycles. The highest BCUT2D eigenvalue weighted by molar-refractivity contribution is 8.00. The molecule has 1 saturated heterocycles. The van der Waals surface area contributed by atoms with E-state index in [4.69, 9.17) is 0 Å². The zero-order valence-electron chi connectivity index (χ0n) is 15.9. The fourth-order valence-electron chi connectivity index (χ4n) is 5.39. The first-order valence-electron chi connectivity index (χ1n) is 9.89. The molecule has 2 aromatic rings. The number of carbonyl (C=O) groups is 3. The standard InChI is InChI=1S/C23H21NO4S/c1-12-6-8-14(9-7-12)24-21(25)19-13-10-16(20(19)22(24)26)18(11-13)29-17-5-3-2-4-15(17)23(27)28/h2-9,13,16,18-20H,10-11H2,1H3,(H,27,28). The Kier molecular flexibility index (Phi) is 4.28. The lowest BCUT2D eigenvalue weighted by atomic mass is 9.81. The van der Waals surface area contributed by atoms with Gasteiger partial charge in [0.05, 0.1) is 23.1 Å². The predicted octanol–water partition coefficient (Wildman–Crippen LogP) is 4.00. The molecule has 1 aliphatic heterocycles. The summed E-state index contributed by atoms with van der Waals surface area (Å²) in [5.41, 5.74) is 2.04. The third-order valence-electron chi connectivity index (χ3n) is 6.64. The van der Waals surface area contributed by atoms with Gasteiger partial charge in [-0.25, -0.2) is 4.79 Å². The van der Waals surface area contributed by atoms with E-state index >= 15 is 0 Å². The Morgan fingerprint density at radius 3 is 2.41 bits per heavy atom. The number of carbonyl (C=O) groups excluding carboxylic acids is 2. The molecule has 148 valence electrons. The first-order chi connectivity index (χ1) is 14.0. The van der Waals surface area contributed by atoms with Gasteiger partial charge in [-0.05, 0) is 55.9 Å². The molecule has 0 radical (unpaired) electrons. The summed E-state index contributed by atoms with van der Waals surface area (Å²) in [7, 11) is 0. The van der Waals surface area contributed by atoms with Crippen LogP contribution in [0.1, 0.15) is 28.8 Å². The van der Waals surface area contributed by atoms with Crippen LogP contribution in [-0.4, -0.2) is 28.1 Å². The van der Waals surface area contributed by atoms with Crippen LogP contribution in [-0.2, 0) is 9.59 Å². The van der Waals surface area contributed by atoms with Gasteiger partial charge in [0.1, 0.15) is 0 Å². The van der Waals surface area contributed by atoms with E-state index in [1.54, 1.807) is 23.9 Å². The molecule has 5 rings (SSSR count). The van der Waals surface area contributed by atoms with Crippen LogP contribution in [0, 0.1) is 30.6 Å². The summed E-state index contributed by atoms with van der Waals surface area (Å²) in [6, 6.07) is 14.5. The number of anilines is 1. The Hall–Kier alpha value is -2.60. The topological polar surface area (TPSA) is 74.7 Å². The highest BCUT2D eigenvalue weighted by atomic mass is 32.2. The third-order valence-corrected chi connectivity index (χ3v) is 8.10. The van der Waals surface area contributed by atoms with Crippen LogP contribution in [0.5, 0.6) is 0 Å². The van der Waals surface area contributed by atoms with E-state index in [0.717, 1.165) is 23.3 Å². The quantitative estimate of drug-likeness (QED) is 0.776. The molecule has 0 aromatic heterocycles. The highest BCUT2D eigenvalue weighted by Gasteiger charge is 2.64. The lowest BCUT2D eigenvalue weighted by Gasteiger charge is -2.28. The third kappa shape index (κ3) is 2.81. The van der Waals surface area contributed by atoms with Crippen molar-refractivity contribution in [3.63, 3.8) is 0 Å². The molecule has 5 nitrogen and oxygen atoms in total. The Morgan fingerprint density at radius 1 is 1.00 bits per heavy atom. The largest absolute Gasteiger partial charge is 0.478 e. The smallest absolute Gasteiger partial charge is 0.336 e. The molecule has 29 heavy (non-hydrogen) atoms. The van der Waals surface area contributed by atoms with Gasteiger partial charge in [-0.2, -0.15) is 0 Å². The molecular weight excluding hydrogens is 386 g/mol. The second-order valence-electron chi connectivity index (χ2n) is 8.25. The fourth-order valence-corrected chi connectivity index (χ4v) is 6.96. The van der Waals surface area contributed by atoms with Crippen LogP contribution < -0.4 is 4.90 Å². The second kappa shape index (κ2) is 6.73. The zero-order chi connectivity index (χ0) is 20.3. The molecule has 5 atom stereocenters. The van der Waals surface area contributed by atoms with Crippen LogP contribution in [0.4, 0.5) is 5.69 Å². The molecule has 0 spiro atoms. The fraction of sp³-hybridized carbons (Fsp3) is 0.348. The number of benzene rings is 2. The number of aryl methyl sites for hydroxylation is 1. The summed E-state index contributed by atoms with van der Waals surface area (Å²) in [6.07, 6.45) is 1.73. The number of thioether (sulfide) groups is 1. The minimum atomic E-state index is -0.938. The Balaban J connectivity index is 1.41. The molecule has 1 heterocycles. The number of nitrogens with zero attached hydrogens (tertiary/aromatic N) is 1. The van der Waals surface area contributed by atoms with Crippen molar-refractivity contribution in [2.45, 2.75) is 29.9 Å². The van der Waals surface area contributed by atoms with E-state index in [0.29, 0.717) is 11.3 Å². The van der Waals surface area contributed by atoms with E-state index < -0.39 is 5.97 Å². The Labute approximate surface area is 173 Å². The van der Waals surface area contributed by atoms with Gasteiger partial charge in [0.15, 0.2) is 0 Å². The minimum Gasteiger partial charge on any atom is -0.478 e. The Bertz CT molecular complexity index is 1020. The van der Waals surface area contributed by atoms with Crippen molar-refractivity contribution in [3.05, 3.63) is 59.7 Å². The van der Waals surface area contributed by atoms with Gasteiger partial charge in [-0.1, -0.05) is 29.8 Å². The van der Waals surface area contributed by atoms with Crippen LogP contribution in [0.15, 0.2) is 53.4 Å². The van der Waals surface area contributed by atoms with Gasteiger partial charge in [0.2, 0.25) is 11.8 Å². The van der Waals surface area contributed by atoms with Crippen LogP contribution >= 0.6 is 11.8 Å². The average molecular weight is 407 g/mol. The molecule has 2 aromatic carbocycles. The van der Waals surface area contributed by atoms with Crippen LogP contribution in [0.25, 0.3) is 0 Å². The van der Waals surface area contributed by atoms with E-state index in [2.05, 4.69) is 0 Å². The zero-order valence-corrected chi connectivity index (χ0v) is 16.8. The number of imide groups is 1.